The highest BCUT2D eigenvalue weighted by Gasteiger charge is 2.12. The molecule has 2 aromatic rings. The molecule has 2 N–H and O–H groups in total. The smallest absolute Gasteiger partial charge is 0.162 e. The van der Waals surface area contributed by atoms with Crippen molar-refractivity contribution in [2.75, 3.05) is 13.2 Å². The molecule has 0 atom stereocenters. The van der Waals surface area contributed by atoms with Crippen LogP contribution in [0.5, 0.6) is 11.5 Å². The number of rotatable bonds is 3. The molecule has 5 heteroatoms. The minimum Gasteiger partial charge on any atom is -0.486 e. The van der Waals surface area contributed by atoms with Crippen molar-refractivity contribution in [1.29, 1.82) is 0 Å². The van der Waals surface area contributed by atoms with Gasteiger partial charge in [-0.25, -0.2) is 0 Å². The van der Waals surface area contributed by atoms with Crippen LogP contribution in [0.2, 0.25) is 0 Å². The predicted molar refractivity (Wildman–Crippen MR) is 83.6 cm³/mol. The summed E-state index contributed by atoms with van der Waals surface area (Å²) >= 11 is 5.27. The number of hydrogen-bond donors (Lipinski definition) is 1. The van der Waals surface area contributed by atoms with Crippen LogP contribution in [-0.2, 0) is 6.54 Å². The van der Waals surface area contributed by atoms with Crippen molar-refractivity contribution in [1.82, 2.24) is 0 Å². The van der Waals surface area contributed by atoms with Crippen molar-refractivity contribution in [3.05, 3.63) is 46.4 Å². The average Bonchev–Trinajstić information content (AvgIpc) is 2.49. The van der Waals surface area contributed by atoms with Crippen molar-refractivity contribution < 1.29 is 9.47 Å². The lowest BCUT2D eigenvalue weighted by Gasteiger charge is -2.18. The maximum absolute atomic E-state index is 5.64. The number of halogens is 1. The fraction of sp³-hybridized carbons (Fsp3) is 0.200. The van der Waals surface area contributed by atoms with Crippen molar-refractivity contribution >= 4 is 27.7 Å². The Labute approximate surface area is 130 Å². The topological polar surface area (TPSA) is 44.5 Å². The van der Waals surface area contributed by atoms with Gasteiger partial charge in [-0.05, 0) is 51.8 Å². The fourth-order valence-corrected chi connectivity index (χ4v) is 3.49. The van der Waals surface area contributed by atoms with Gasteiger partial charge in [-0.15, -0.1) is 0 Å². The van der Waals surface area contributed by atoms with Gasteiger partial charge in [-0.3, -0.25) is 0 Å². The Morgan fingerprint density at radius 3 is 2.60 bits per heavy atom. The van der Waals surface area contributed by atoms with Gasteiger partial charge >= 0.3 is 0 Å². The minimum absolute atomic E-state index is 0.549. The number of fused-ring (bicyclic) bond motifs is 1. The summed E-state index contributed by atoms with van der Waals surface area (Å²) in [5.41, 5.74) is 6.75. The maximum Gasteiger partial charge on any atom is 0.162 e. The Kier molecular flexibility index (Phi) is 4.19. The summed E-state index contributed by atoms with van der Waals surface area (Å²) in [5, 5.41) is 0. The van der Waals surface area contributed by atoms with Crippen LogP contribution in [0.15, 0.2) is 50.7 Å². The lowest BCUT2D eigenvalue weighted by atomic mass is 10.2. The lowest BCUT2D eigenvalue weighted by Crippen LogP contribution is -2.15. The molecule has 0 amide bonds. The SMILES string of the molecule is NCc1ccc(Sc2ccc3c(c2)OCCO3)c(Br)c1. The second-order valence-electron chi connectivity index (χ2n) is 4.38. The molecule has 1 aliphatic heterocycles. The second-order valence-corrected chi connectivity index (χ2v) is 6.35. The molecule has 0 spiro atoms. The number of ether oxygens (including phenoxy) is 2. The highest BCUT2D eigenvalue weighted by Crippen LogP contribution is 2.39. The zero-order valence-electron chi connectivity index (χ0n) is 10.8. The molecule has 1 heterocycles. The van der Waals surface area contributed by atoms with Crippen LogP contribution in [0, 0.1) is 0 Å². The van der Waals surface area contributed by atoms with Crippen molar-refractivity contribution in [2.45, 2.75) is 16.3 Å². The fourth-order valence-electron chi connectivity index (χ4n) is 1.97. The largest absolute Gasteiger partial charge is 0.486 e. The van der Waals surface area contributed by atoms with E-state index >= 15 is 0 Å². The van der Waals surface area contributed by atoms with Gasteiger partial charge in [0.05, 0.1) is 0 Å². The zero-order valence-corrected chi connectivity index (χ0v) is 13.2. The third-order valence-electron chi connectivity index (χ3n) is 2.97. The Bertz CT molecular complexity index is 633. The molecule has 0 radical (unpaired) electrons. The van der Waals surface area contributed by atoms with Gasteiger partial charge in [0, 0.05) is 20.8 Å². The van der Waals surface area contributed by atoms with Crippen LogP contribution >= 0.6 is 27.7 Å². The van der Waals surface area contributed by atoms with Crippen molar-refractivity contribution in [3.8, 4) is 11.5 Å². The van der Waals surface area contributed by atoms with Crippen LogP contribution in [0.4, 0.5) is 0 Å². The van der Waals surface area contributed by atoms with E-state index in [0.717, 1.165) is 31.3 Å². The lowest BCUT2D eigenvalue weighted by molar-refractivity contribution is 0.171. The first-order valence-electron chi connectivity index (χ1n) is 6.32. The highest BCUT2D eigenvalue weighted by molar-refractivity contribution is 9.10. The summed E-state index contributed by atoms with van der Waals surface area (Å²) in [6, 6.07) is 12.2. The molecule has 20 heavy (non-hydrogen) atoms. The maximum atomic E-state index is 5.64. The summed E-state index contributed by atoms with van der Waals surface area (Å²) in [4.78, 5) is 2.27. The van der Waals surface area contributed by atoms with Crippen LogP contribution in [0.25, 0.3) is 0 Å². The summed E-state index contributed by atoms with van der Waals surface area (Å²) in [6.07, 6.45) is 0. The summed E-state index contributed by atoms with van der Waals surface area (Å²) in [7, 11) is 0. The van der Waals surface area contributed by atoms with E-state index < -0.39 is 0 Å². The molecule has 0 aromatic heterocycles. The van der Waals surface area contributed by atoms with Crippen LogP contribution in [0.1, 0.15) is 5.56 Å². The first-order valence-corrected chi connectivity index (χ1v) is 7.93. The Morgan fingerprint density at radius 2 is 1.85 bits per heavy atom. The summed E-state index contributed by atoms with van der Waals surface area (Å²) in [6.45, 7) is 1.77. The molecule has 2 aromatic carbocycles. The van der Waals surface area contributed by atoms with E-state index in [4.69, 9.17) is 15.2 Å². The zero-order chi connectivity index (χ0) is 13.9. The summed E-state index contributed by atoms with van der Waals surface area (Å²) < 4.78 is 12.2. The molecule has 0 saturated heterocycles. The first kappa shape index (κ1) is 13.8. The molecule has 3 rings (SSSR count). The van der Waals surface area contributed by atoms with E-state index in [-0.39, 0.29) is 0 Å². The molecule has 0 fully saturated rings. The van der Waals surface area contributed by atoms with Gasteiger partial charge in [-0.1, -0.05) is 17.8 Å². The predicted octanol–water partition coefficient (Wildman–Crippen LogP) is 3.83. The van der Waals surface area contributed by atoms with Gasteiger partial charge in [0.15, 0.2) is 11.5 Å². The Morgan fingerprint density at radius 1 is 1.05 bits per heavy atom. The van der Waals surface area contributed by atoms with Gasteiger partial charge < -0.3 is 15.2 Å². The number of nitrogens with two attached hydrogens (primary N) is 1. The van der Waals surface area contributed by atoms with Crippen molar-refractivity contribution in [2.24, 2.45) is 5.73 Å². The quantitative estimate of drug-likeness (QED) is 0.912. The summed E-state index contributed by atoms with van der Waals surface area (Å²) in [5.74, 6) is 1.63. The monoisotopic (exact) mass is 351 g/mol. The molecule has 0 unspecified atom stereocenters. The van der Waals surface area contributed by atoms with Crippen LogP contribution in [-0.4, -0.2) is 13.2 Å². The van der Waals surface area contributed by atoms with E-state index in [2.05, 4.69) is 28.1 Å². The molecular formula is C15H14BrNO2S. The normalized spacial score (nSPS) is 13.3. The number of benzene rings is 2. The van der Waals surface area contributed by atoms with Gasteiger partial charge in [0.1, 0.15) is 13.2 Å². The standard InChI is InChI=1S/C15H14BrNO2S/c16-12-7-10(9-17)1-4-15(12)20-11-2-3-13-14(8-11)19-6-5-18-13/h1-4,7-8H,5-6,9,17H2. The van der Waals surface area contributed by atoms with E-state index in [9.17, 15) is 0 Å². The molecule has 104 valence electrons. The molecule has 0 saturated carbocycles. The second kappa shape index (κ2) is 6.08. The van der Waals surface area contributed by atoms with E-state index in [0.29, 0.717) is 19.8 Å². The average molecular weight is 352 g/mol. The van der Waals surface area contributed by atoms with Crippen LogP contribution < -0.4 is 15.2 Å². The molecule has 3 nitrogen and oxygen atoms in total. The van der Waals surface area contributed by atoms with Gasteiger partial charge in [0.25, 0.3) is 0 Å². The van der Waals surface area contributed by atoms with E-state index in [1.165, 1.54) is 0 Å². The Balaban J connectivity index is 1.84. The third-order valence-corrected chi connectivity index (χ3v) is 4.96. The van der Waals surface area contributed by atoms with Gasteiger partial charge in [-0.2, -0.15) is 0 Å². The molecule has 0 aliphatic carbocycles. The molecule has 1 aliphatic rings. The number of hydrogen-bond acceptors (Lipinski definition) is 4. The van der Waals surface area contributed by atoms with Gasteiger partial charge in [0.2, 0.25) is 0 Å². The van der Waals surface area contributed by atoms with E-state index in [1.807, 2.05) is 24.3 Å². The minimum atomic E-state index is 0.549. The van der Waals surface area contributed by atoms with Crippen molar-refractivity contribution in [3.63, 3.8) is 0 Å². The Hall–Kier alpha value is -1.17. The van der Waals surface area contributed by atoms with E-state index in [1.54, 1.807) is 11.8 Å². The van der Waals surface area contributed by atoms with Crippen LogP contribution in [0.3, 0.4) is 0 Å². The molecular weight excluding hydrogens is 338 g/mol. The molecule has 0 bridgehead atoms. The third kappa shape index (κ3) is 2.95. The highest BCUT2D eigenvalue weighted by atomic mass is 79.9. The first-order chi connectivity index (χ1) is 9.76.